The first kappa shape index (κ1) is 18.8. The van der Waals surface area contributed by atoms with Crippen molar-refractivity contribution < 1.29 is 9.53 Å². The van der Waals surface area contributed by atoms with Crippen LogP contribution in [-0.2, 0) is 4.79 Å². The second kappa shape index (κ2) is 7.80. The van der Waals surface area contributed by atoms with Crippen molar-refractivity contribution in [1.29, 1.82) is 0 Å². The molecule has 9 heteroatoms. The van der Waals surface area contributed by atoms with Crippen LogP contribution in [-0.4, -0.2) is 31.5 Å². The molecule has 2 aromatic carbocycles. The molecular formula is C20H17N5O3S. The van der Waals surface area contributed by atoms with Crippen molar-refractivity contribution in [2.24, 2.45) is 0 Å². The van der Waals surface area contributed by atoms with E-state index in [1.165, 1.54) is 10.7 Å². The third-order valence-electron chi connectivity index (χ3n) is 4.50. The van der Waals surface area contributed by atoms with Crippen LogP contribution in [0.15, 0.2) is 59.4 Å². The molecule has 2 aromatic heterocycles. The number of hydrogen-bond donors (Lipinski definition) is 1. The lowest BCUT2D eigenvalue weighted by molar-refractivity contribution is -0.119. The molecule has 0 saturated heterocycles. The Kier molecular flexibility index (Phi) is 5.05. The van der Waals surface area contributed by atoms with Gasteiger partial charge in [0.15, 0.2) is 0 Å². The molecule has 0 bridgehead atoms. The number of aromatic nitrogens is 4. The molecule has 8 nitrogen and oxygen atoms in total. The van der Waals surface area contributed by atoms with Crippen LogP contribution in [0.25, 0.3) is 22.3 Å². The molecule has 29 heavy (non-hydrogen) atoms. The second-order valence-corrected chi connectivity index (χ2v) is 6.86. The van der Waals surface area contributed by atoms with Gasteiger partial charge in [-0.05, 0) is 49.4 Å². The van der Waals surface area contributed by atoms with Crippen molar-refractivity contribution in [2.45, 2.75) is 13.0 Å². The fraction of sp³-hybridized carbons (Fsp3) is 0.150. The van der Waals surface area contributed by atoms with Gasteiger partial charge in [0.05, 0.1) is 30.2 Å². The third-order valence-corrected chi connectivity index (χ3v) is 5.04. The zero-order valence-electron chi connectivity index (χ0n) is 15.7. The number of nitrogens with one attached hydrogen (secondary N) is 1. The van der Waals surface area contributed by atoms with Crippen molar-refractivity contribution in [2.75, 3.05) is 12.4 Å². The molecule has 0 radical (unpaired) electrons. The number of amides is 1. The highest BCUT2D eigenvalue weighted by molar-refractivity contribution is 7.00. The molecule has 1 unspecified atom stereocenters. The van der Waals surface area contributed by atoms with Crippen molar-refractivity contribution in [3.05, 3.63) is 65.0 Å². The average Bonchev–Trinajstić information content (AvgIpc) is 3.23. The maximum Gasteiger partial charge on any atom is 0.267 e. The van der Waals surface area contributed by atoms with E-state index in [2.05, 4.69) is 19.2 Å². The van der Waals surface area contributed by atoms with Crippen molar-refractivity contribution in [1.82, 2.24) is 18.5 Å². The highest BCUT2D eigenvalue weighted by atomic mass is 32.1. The monoisotopic (exact) mass is 407 g/mol. The maximum absolute atomic E-state index is 12.8. The predicted octanol–water partition coefficient (Wildman–Crippen LogP) is 3.12. The Morgan fingerprint density at radius 1 is 1.10 bits per heavy atom. The zero-order chi connectivity index (χ0) is 20.4. The van der Waals surface area contributed by atoms with Crippen LogP contribution in [0.5, 0.6) is 5.75 Å². The van der Waals surface area contributed by atoms with Gasteiger partial charge in [-0.1, -0.05) is 6.07 Å². The molecular weight excluding hydrogens is 390 g/mol. The smallest absolute Gasteiger partial charge is 0.267 e. The molecule has 0 saturated carbocycles. The molecule has 0 aliphatic rings. The highest BCUT2D eigenvalue weighted by Gasteiger charge is 2.19. The van der Waals surface area contributed by atoms with Gasteiger partial charge < -0.3 is 10.1 Å². The SMILES string of the molecule is COc1ccc(-c2ccc(=O)n(C(C)C(=O)Nc3cccc4nsnc34)n2)cc1. The van der Waals surface area contributed by atoms with Crippen molar-refractivity contribution in [3.8, 4) is 17.0 Å². The van der Waals surface area contributed by atoms with E-state index >= 15 is 0 Å². The number of fused-ring (bicyclic) bond motifs is 1. The number of hydrogen-bond acceptors (Lipinski definition) is 7. The Bertz CT molecular complexity index is 1230. The number of ether oxygens (including phenoxy) is 1. The largest absolute Gasteiger partial charge is 0.497 e. The molecule has 4 rings (SSSR count). The number of carbonyl (C=O) groups is 1. The zero-order valence-corrected chi connectivity index (χ0v) is 16.5. The molecule has 0 aliphatic carbocycles. The Balaban J connectivity index is 1.62. The molecule has 1 N–H and O–H groups in total. The fourth-order valence-corrected chi connectivity index (χ4v) is 3.42. The summed E-state index contributed by atoms with van der Waals surface area (Å²) in [5.41, 5.74) is 2.90. The summed E-state index contributed by atoms with van der Waals surface area (Å²) in [6.07, 6.45) is 0. The molecule has 0 spiro atoms. The minimum Gasteiger partial charge on any atom is -0.497 e. The normalized spacial score (nSPS) is 11.9. The highest BCUT2D eigenvalue weighted by Crippen LogP contribution is 2.23. The standard InChI is InChI=1S/C20H17N5O3S/c1-12(20(27)21-16-4-3-5-17-19(16)24-29-23-17)25-18(26)11-10-15(22-25)13-6-8-14(28-2)9-7-13/h3-12H,1-2H3,(H,21,27). The second-order valence-electron chi connectivity index (χ2n) is 6.33. The van der Waals surface area contributed by atoms with Crippen LogP contribution in [0, 0.1) is 0 Å². The minimum atomic E-state index is -0.817. The van der Waals surface area contributed by atoms with E-state index in [9.17, 15) is 9.59 Å². The minimum absolute atomic E-state index is 0.363. The molecule has 1 atom stereocenters. The Morgan fingerprint density at radius 3 is 2.66 bits per heavy atom. The molecule has 0 aliphatic heterocycles. The van der Waals surface area contributed by atoms with Gasteiger partial charge in [-0.3, -0.25) is 9.59 Å². The summed E-state index contributed by atoms with van der Waals surface area (Å²) in [4.78, 5) is 25.1. The van der Waals surface area contributed by atoms with E-state index in [4.69, 9.17) is 4.74 Å². The number of nitrogens with zero attached hydrogens (tertiary/aromatic N) is 4. The van der Waals surface area contributed by atoms with E-state index < -0.39 is 6.04 Å². The van der Waals surface area contributed by atoms with Crippen LogP contribution in [0.1, 0.15) is 13.0 Å². The molecule has 0 fully saturated rings. The molecule has 2 heterocycles. The lowest BCUT2D eigenvalue weighted by Gasteiger charge is -2.15. The lowest BCUT2D eigenvalue weighted by atomic mass is 10.1. The topological polar surface area (TPSA) is 99.0 Å². The quantitative estimate of drug-likeness (QED) is 0.546. The summed E-state index contributed by atoms with van der Waals surface area (Å²) in [7, 11) is 1.59. The first-order chi connectivity index (χ1) is 14.1. The third kappa shape index (κ3) is 3.72. The number of carbonyl (C=O) groups excluding carboxylic acids is 1. The Labute approximate surface area is 170 Å². The van der Waals surface area contributed by atoms with E-state index in [0.717, 1.165) is 23.0 Å². The van der Waals surface area contributed by atoms with Crippen LogP contribution in [0.3, 0.4) is 0 Å². The van der Waals surface area contributed by atoms with Gasteiger partial charge in [-0.2, -0.15) is 13.8 Å². The van der Waals surface area contributed by atoms with E-state index in [1.54, 1.807) is 32.2 Å². The summed E-state index contributed by atoms with van der Waals surface area (Å²) < 4.78 is 14.7. The Morgan fingerprint density at radius 2 is 1.90 bits per heavy atom. The van der Waals surface area contributed by atoms with Crippen LogP contribution >= 0.6 is 11.7 Å². The van der Waals surface area contributed by atoms with Gasteiger partial charge in [-0.25, -0.2) is 4.68 Å². The van der Waals surface area contributed by atoms with Gasteiger partial charge in [0, 0.05) is 11.6 Å². The van der Waals surface area contributed by atoms with E-state index in [-0.39, 0.29) is 11.5 Å². The maximum atomic E-state index is 12.8. The number of rotatable bonds is 5. The van der Waals surface area contributed by atoms with Gasteiger partial charge in [0.1, 0.15) is 22.8 Å². The molecule has 1 amide bonds. The van der Waals surface area contributed by atoms with Crippen molar-refractivity contribution in [3.63, 3.8) is 0 Å². The fourth-order valence-electron chi connectivity index (χ4n) is 2.87. The van der Waals surface area contributed by atoms with Crippen LogP contribution in [0.2, 0.25) is 0 Å². The van der Waals surface area contributed by atoms with Gasteiger partial charge in [0.25, 0.3) is 5.56 Å². The summed E-state index contributed by atoms with van der Waals surface area (Å²) in [5.74, 6) is 0.354. The number of anilines is 1. The van der Waals surface area contributed by atoms with Crippen LogP contribution in [0.4, 0.5) is 5.69 Å². The van der Waals surface area contributed by atoms with E-state index in [0.29, 0.717) is 22.4 Å². The van der Waals surface area contributed by atoms with Gasteiger partial charge >= 0.3 is 0 Å². The molecule has 146 valence electrons. The van der Waals surface area contributed by atoms with Crippen molar-refractivity contribution >= 4 is 34.4 Å². The van der Waals surface area contributed by atoms with E-state index in [1.807, 2.05) is 30.3 Å². The predicted molar refractivity (Wildman–Crippen MR) is 111 cm³/mol. The molecule has 4 aromatic rings. The number of benzene rings is 2. The first-order valence-corrected chi connectivity index (χ1v) is 9.56. The summed E-state index contributed by atoms with van der Waals surface area (Å²) in [6.45, 7) is 1.63. The number of methoxy groups -OCH3 is 1. The lowest BCUT2D eigenvalue weighted by Crippen LogP contribution is -2.33. The summed E-state index contributed by atoms with van der Waals surface area (Å²) >= 11 is 1.08. The summed E-state index contributed by atoms with van der Waals surface area (Å²) in [5, 5.41) is 7.21. The van der Waals surface area contributed by atoms with Crippen LogP contribution < -0.4 is 15.6 Å². The Hall–Kier alpha value is -3.59. The van der Waals surface area contributed by atoms with Gasteiger partial charge in [-0.15, -0.1) is 0 Å². The first-order valence-electron chi connectivity index (χ1n) is 8.83. The average molecular weight is 407 g/mol. The summed E-state index contributed by atoms with van der Waals surface area (Å²) in [6, 6.07) is 14.9. The van der Waals surface area contributed by atoms with Gasteiger partial charge in [0.2, 0.25) is 5.91 Å².